The molecule has 0 aliphatic carbocycles. The van der Waals surface area contributed by atoms with Gasteiger partial charge in [-0.3, -0.25) is 10.1 Å². The summed E-state index contributed by atoms with van der Waals surface area (Å²) in [5, 5.41) is 11.8. The van der Waals surface area contributed by atoms with Crippen LogP contribution in [0.1, 0.15) is 0 Å². The van der Waals surface area contributed by atoms with Crippen LogP contribution >= 0.6 is 23.2 Å². The van der Waals surface area contributed by atoms with Crippen LogP contribution in [0.4, 0.5) is 5.69 Å². The fourth-order valence-corrected chi connectivity index (χ4v) is 1.78. The molecule has 1 aromatic carbocycles. The Hall–Kier alpha value is -1.39. The highest BCUT2D eigenvalue weighted by Crippen LogP contribution is 2.27. The molecular weight excluding hydrogens is 239 g/mol. The van der Waals surface area contributed by atoms with E-state index in [1.54, 1.807) is 6.07 Å². The number of hydrogen-bond acceptors (Lipinski definition) is 3. The first-order valence-corrected chi connectivity index (χ1v) is 4.74. The molecule has 2 rings (SSSR count). The zero-order valence-corrected chi connectivity index (χ0v) is 8.79. The summed E-state index contributed by atoms with van der Waals surface area (Å²) in [7, 11) is 0. The Bertz CT molecular complexity index is 557. The fraction of sp³-hybridized carbons (Fsp3) is 0. The number of rotatable bonds is 1. The molecule has 0 saturated heterocycles. The van der Waals surface area contributed by atoms with E-state index >= 15 is 0 Å². The summed E-state index contributed by atoms with van der Waals surface area (Å²) in [6, 6.07) is 5.77. The summed E-state index contributed by atoms with van der Waals surface area (Å²) in [5.41, 5.74) is 0.384. The minimum absolute atomic E-state index is 0.0340. The van der Waals surface area contributed by atoms with Crippen molar-refractivity contribution in [1.29, 1.82) is 0 Å². The van der Waals surface area contributed by atoms with Gasteiger partial charge in [0.25, 0.3) is 5.69 Å². The summed E-state index contributed by atoms with van der Waals surface area (Å²) in [4.78, 5) is 14.0. The average molecular weight is 243 g/mol. The van der Waals surface area contributed by atoms with Crippen molar-refractivity contribution in [2.24, 2.45) is 0 Å². The van der Waals surface area contributed by atoms with Crippen LogP contribution in [0.2, 0.25) is 10.2 Å². The third-order valence-corrected chi connectivity index (χ3v) is 2.43. The second kappa shape index (κ2) is 3.64. The number of aromatic nitrogens is 1. The summed E-state index contributed by atoms with van der Waals surface area (Å²) >= 11 is 11.6. The lowest BCUT2D eigenvalue weighted by molar-refractivity contribution is -0.384. The van der Waals surface area contributed by atoms with Gasteiger partial charge in [-0.15, -0.1) is 0 Å². The molecule has 1 aromatic heterocycles. The highest BCUT2D eigenvalue weighted by molar-refractivity contribution is 6.37. The maximum absolute atomic E-state index is 10.5. The quantitative estimate of drug-likeness (QED) is 0.437. The lowest BCUT2D eigenvalue weighted by Gasteiger charge is -2.00. The summed E-state index contributed by atoms with van der Waals surface area (Å²) in [5.74, 6) is 0. The lowest BCUT2D eigenvalue weighted by atomic mass is 10.2. The molecule has 0 saturated carbocycles. The van der Waals surface area contributed by atoms with E-state index in [1.807, 2.05) is 0 Å². The molecular formula is C9H4Cl2N2O2. The Labute approximate surface area is 94.6 Å². The van der Waals surface area contributed by atoms with Crippen LogP contribution in [0.5, 0.6) is 0 Å². The van der Waals surface area contributed by atoms with Crippen LogP contribution in [-0.2, 0) is 0 Å². The molecule has 0 spiro atoms. The van der Waals surface area contributed by atoms with Crippen LogP contribution in [0, 0.1) is 10.1 Å². The second-order valence-corrected chi connectivity index (χ2v) is 3.68. The summed E-state index contributed by atoms with van der Waals surface area (Å²) < 4.78 is 0. The van der Waals surface area contributed by atoms with Crippen molar-refractivity contribution in [2.45, 2.75) is 0 Å². The average Bonchev–Trinajstić information content (AvgIpc) is 2.16. The predicted molar refractivity (Wildman–Crippen MR) is 58.4 cm³/mol. The Morgan fingerprint density at radius 2 is 2.00 bits per heavy atom. The molecule has 2 aromatic rings. The second-order valence-electron chi connectivity index (χ2n) is 2.89. The van der Waals surface area contributed by atoms with Gasteiger partial charge < -0.3 is 0 Å². The van der Waals surface area contributed by atoms with Gasteiger partial charge >= 0.3 is 0 Å². The van der Waals surface area contributed by atoms with E-state index < -0.39 is 4.92 Å². The maximum Gasteiger partial charge on any atom is 0.271 e. The maximum atomic E-state index is 10.5. The summed E-state index contributed by atoms with van der Waals surface area (Å²) in [6.07, 6.45) is 0. The minimum atomic E-state index is -0.490. The van der Waals surface area contributed by atoms with Gasteiger partial charge in [-0.05, 0) is 12.1 Å². The van der Waals surface area contributed by atoms with Crippen molar-refractivity contribution >= 4 is 39.8 Å². The number of nitro groups is 1. The summed E-state index contributed by atoms with van der Waals surface area (Å²) in [6.45, 7) is 0. The number of fused-ring (bicyclic) bond motifs is 1. The lowest BCUT2D eigenvalue weighted by Crippen LogP contribution is -1.89. The third-order valence-electron chi connectivity index (χ3n) is 1.92. The van der Waals surface area contributed by atoms with Crippen molar-refractivity contribution in [3.05, 3.63) is 44.6 Å². The van der Waals surface area contributed by atoms with E-state index in [2.05, 4.69) is 4.98 Å². The first-order chi connectivity index (χ1) is 7.08. The smallest absolute Gasteiger partial charge is 0.258 e. The number of nitro benzene ring substituents is 1. The predicted octanol–water partition coefficient (Wildman–Crippen LogP) is 3.45. The van der Waals surface area contributed by atoms with Gasteiger partial charge in [0.05, 0.1) is 15.5 Å². The monoisotopic (exact) mass is 242 g/mol. The Kier molecular flexibility index (Phi) is 2.46. The van der Waals surface area contributed by atoms with Crippen LogP contribution < -0.4 is 0 Å². The fourth-order valence-electron chi connectivity index (χ4n) is 1.26. The van der Waals surface area contributed by atoms with Gasteiger partial charge in [-0.1, -0.05) is 23.2 Å². The zero-order chi connectivity index (χ0) is 11.0. The highest BCUT2D eigenvalue weighted by atomic mass is 35.5. The Morgan fingerprint density at radius 3 is 2.67 bits per heavy atom. The van der Waals surface area contributed by atoms with Crippen LogP contribution in [0.3, 0.4) is 0 Å². The van der Waals surface area contributed by atoms with Crippen molar-refractivity contribution in [2.75, 3.05) is 0 Å². The molecule has 0 N–H and O–H groups in total. The topological polar surface area (TPSA) is 56.0 Å². The number of pyridine rings is 1. The van der Waals surface area contributed by atoms with Crippen molar-refractivity contribution in [3.8, 4) is 0 Å². The molecule has 0 atom stereocenters. The molecule has 0 fully saturated rings. The van der Waals surface area contributed by atoms with Gasteiger partial charge in [0.15, 0.2) is 0 Å². The number of nitrogens with zero attached hydrogens (tertiary/aromatic N) is 2. The van der Waals surface area contributed by atoms with E-state index in [0.29, 0.717) is 15.9 Å². The Balaban J connectivity index is 2.76. The number of benzene rings is 1. The van der Waals surface area contributed by atoms with Crippen LogP contribution in [0.15, 0.2) is 24.3 Å². The molecule has 76 valence electrons. The van der Waals surface area contributed by atoms with Crippen LogP contribution in [-0.4, -0.2) is 9.91 Å². The van der Waals surface area contributed by atoms with Gasteiger partial charge in [-0.25, -0.2) is 4.98 Å². The normalized spacial score (nSPS) is 10.5. The highest BCUT2D eigenvalue weighted by Gasteiger charge is 2.09. The molecule has 0 bridgehead atoms. The van der Waals surface area contributed by atoms with Gasteiger partial charge in [0.1, 0.15) is 5.15 Å². The van der Waals surface area contributed by atoms with Crippen LogP contribution in [0.25, 0.3) is 10.9 Å². The standard InChI is InChI=1S/C9H4Cl2N2O2/c10-7-4-9(11)12-8-3-5(13(14)15)1-2-6(7)8/h1-4H. The zero-order valence-electron chi connectivity index (χ0n) is 7.28. The molecule has 0 aliphatic rings. The van der Waals surface area contributed by atoms with Gasteiger partial charge in [0, 0.05) is 17.5 Å². The van der Waals surface area contributed by atoms with E-state index in [1.165, 1.54) is 18.2 Å². The SMILES string of the molecule is O=[N+]([O-])c1ccc2c(Cl)cc(Cl)nc2c1. The third kappa shape index (κ3) is 1.86. The minimum Gasteiger partial charge on any atom is -0.258 e. The molecule has 0 radical (unpaired) electrons. The number of halogens is 2. The molecule has 1 heterocycles. The van der Waals surface area contributed by atoms with Gasteiger partial charge in [-0.2, -0.15) is 0 Å². The van der Waals surface area contributed by atoms with E-state index in [4.69, 9.17) is 23.2 Å². The van der Waals surface area contributed by atoms with Crippen molar-refractivity contribution in [3.63, 3.8) is 0 Å². The van der Waals surface area contributed by atoms with Crippen molar-refractivity contribution in [1.82, 2.24) is 4.98 Å². The molecule has 0 amide bonds. The van der Waals surface area contributed by atoms with Gasteiger partial charge in [0.2, 0.25) is 0 Å². The molecule has 4 nitrogen and oxygen atoms in total. The van der Waals surface area contributed by atoms with E-state index in [0.717, 1.165) is 0 Å². The van der Waals surface area contributed by atoms with E-state index in [9.17, 15) is 10.1 Å². The number of non-ortho nitro benzene ring substituents is 1. The molecule has 0 aliphatic heterocycles. The molecule has 15 heavy (non-hydrogen) atoms. The van der Waals surface area contributed by atoms with Crippen molar-refractivity contribution < 1.29 is 4.92 Å². The Morgan fingerprint density at radius 1 is 1.27 bits per heavy atom. The molecule has 6 heteroatoms. The molecule has 0 unspecified atom stereocenters. The first-order valence-electron chi connectivity index (χ1n) is 3.98. The van der Waals surface area contributed by atoms with E-state index in [-0.39, 0.29) is 10.8 Å². The largest absolute Gasteiger partial charge is 0.271 e. The first kappa shape index (κ1) is 10.1. The number of hydrogen-bond donors (Lipinski definition) is 0.